The predicted molar refractivity (Wildman–Crippen MR) is 169 cm³/mol. The molecule has 6 N–H and O–H groups in total. The molecule has 0 unspecified atom stereocenters. The van der Waals surface area contributed by atoms with Gasteiger partial charge in [-0.3, -0.25) is 28.8 Å². The largest absolute Gasteiger partial charge is 0.481 e. The summed E-state index contributed by atoms with van der Waals surface area (Å²) in [6.45, 7) is 0.204. The summed E-state index contributed by atoms with van der Waals surface area (Å²) in [7, 11) is 0. The van der Waals surface area contributed by atoms with E-state index in [9.17, 15) is 33.9 Å². The lowest BCUT2D eigenvalue weighted by atomic mass is 9.96. The third-order valence-electron chi connectivity index (χ3n) is 9.76. The predicted octanol–water partition coefficient (Wildman–Crippen LogP) is 1.49. The molecule has 0 spiro atoms. The maximum Gasteiger partial charge on any atom is 0.305 e. The number of nitrogens with zero attached hydrogens (tertiary/aromatic N) is 1. The van der Waals surface area contributed by atoms with E-state index in [0.29, 0.717) is 23.0 Å². The number of H-pyrrole nitrogens is 1. The molecule has 14 heteroatoms. The van der Waals surface area contributed by atoms with Crippen LogP contribution >= 0.6 is 15.9 Å². The Bertz CT molecular complexity index is 1550. The molecular weight excluding hydrogens is 660 g/mol. The maximum absolute atomic E-state index is 14.0. The lowest BCUT2D eigenvalue weighted by molar-refractivity contribution is -0.146. The van der Waals surface area contributed by atoms with Gasteiger partial charge in [-0.25, -0.2) is 0 Å². The highest BCUT2D eigenvalue weighted by atomic mass is 79.9. The number of para-hydroxylation sites is 1. The summed E-state index contributed by atoms with van der Waals surface area (Å²) in [5.74, 6) is -4.51. The molecule has 5 atom stereocenters. The van der Waals surface area contributed by atoms with E-state index < -0.39 is 72.1 Å². The number of carbonyl (C=O) groups excluding carboxylic acids is 5. The third-order valence-corrected chi connectivity index (χ3v) is 10.4. The van der Waals surface area contributed by atoms with Crippen LogP contribution in [0.25, 0.3) is 10.9 Å². The first-order chi connectivity index (χ1) is 22.1. The quantitative estimate of drug-likeness (QED) is 0.263. The Labute approximate surface area is 274 Å². The molecule has 2 aliphatic heterocycles. The number of aliphatic carboxylic acids is 1. The van der Waals surface area contributed by atoms with Crippen molar-refractivity contribution in [2.45, 2.75) is 94.4 Å². The molecule has 13 nitrogen and oxygen atoms in total. The van der Waals surface area contributed by atoms with E-state index >= 15 is 0 Å². The van der Waals surface area contributed by atoms with Crippen molar-refractivity contribution >= 4 is 62.3 Å². The van der Waals surface area contributed by atoms with Gasteiger partial charge in [0, 0.05) is 23.9 Å². The van der Waals surface area contributed by atoms with Gasteiger partial charge < -0.3 is 36.3 Å². The zero-order chi connectivity index (χ0) is 32.5. The second-order valence-electron chi connectivity index (χ2n) is 12.9. The summed E-state index contributed by atoms with van der Waals surface area (Å²) in [5, 5.41) is 21.8. The number of aromatic nitrogens is 1. The molecule has 4 aliphatic rings. The van der Waals surface area contributed by atoms with Crippen molar-refractivity contribution in [3.63, 3.8) is 0 Å². The Morgan fingerprint density at radius 2 is 1.41 bits per heavy atom. The second-order valence-corrected chi connectivity index (χ2v) is 13.7. The Hall–Kier alpha value is -3.94. The topological polar surface area (TPSA) is 190 Å². The first-order valence-electron chi connectivity index (χ1n) is 16.1. The molecular formula is C32H39BrN6O7. The number of carboxylic acid groups (broad SMARTS) is 1. The number of fused-ring (bicyclic) bond motifs is 2. The third kappa shape index (κ3) is 6.76. The van der Waals surface area contributed by atoms with Crippen LogP contribution in [0.3, 0.4) is 0 Å². The zero-order valence-corrected chi connectivity index (χ0v) is 26.9. The number of nitrogens with one attached hydrogen (secondary N) is 5. The molecule has 1 aromatic carbocycles. The molecule has 46 heavy (non-hydrogen) atoms. The lowest BCUT2D eigenvalue weighted by Crippen LogP contribution is -2.59. The van der Waals surface area contributed by atoms with Gasteiger partial charge >= 0.3 is 5.97 Å². The molecule has 1 aromatic heterocycles. The van der Waals surface area contributed by atoms with Crippen molar-refractivity contribution in [3.05, 3.63) is 34.4 Å². The molecule has 2 saturated carbocycles. The highest BCUT2D eigenvalue weighted by Gasteiger charge is 2.45. The van der Waals surface area contributed by atoms with Crippen LogP contribution in [0.2, 0.25) is 0 Å². The average molecular weight is 700 g/mol. The van der Waals surface area contributed by atoms with Gasteiger partial charge in [-0.15, -0.1) is 0 Å². The van der Waals surface area contributed by atoms with Gasteiger partial charge in [0.1, 0.15) is 30.2 Å². The molecule has 4 fully saturated rings. The molecule has 6 rings (SSSR count). The van der Waals surface area contributed by atoms with E-state index in [1.807, 2.05) is 24.3 Å². The number of halogens is 1. The van der Waals surface area contributed by atoms with E-state index in [2.05, 4.69) is 42.2 Å². The molecule has 3 heterocycles. The number of hydrogen-bond donors (Lipinski definition) is 6. The number of rotatable bonds is 6. The minimum atomic E-state index is -1.47. The van der Waals surface area contributed by atoms with Crippen LogP contribution in [-0.2, 0) is 35.2 Å². The van der Waals surface area contributed by atoms with E-state index in [1.165, 1.54) is 4.90 Å². The summed E-state index contributed by atoms with van der Waals surface area (Å²) in [5.41, 5.74) is 1.52. The summed E-state index contributed by atoms with van der Waals surface area (Å²) < 4.78 is 0.612. The average Bonchev–Trinajstić information content (AvgIpc) is 3.38. The summed E-state index contributed by atoms with van der Waals surface area (Å²) >= 11 is 3.53. The Morgan fingerprint density at radius 3 is 2.11 bits per heavy atom. The van der Waals surface area contributed by atoms with E-state index in [0.717, 1.165) is 49.4 Å². The fourth-order valence-corrected chi connectivity index (χ4v) is 7.79. The monoisotopic (exact) mass is 698 g/mol. The smallest absolute Gasteiger partial charge is 0.305 e. The normalized spacial score (nSPS) is 28.6. The van der Waals surface area contributed by atoms with Gasteiger partial charge in [0.05, 0.1) is 11.0 Å². The Balaban J connectivity index is 1.38. The molecule has 246 valence electrons. The Morgan fingerprint density at radius 1 is 0.783 bits per heavy atom. The van der Waals surface area contributed by atoms with Crippen molar-refractivity contribution in [1.29, 1.82) is 0 Å². The van der Waals surface area contributed by atoms with Crippen LogP contribution in [0.4, 0.5) is 0 Å². The molecule has 2 aromatic rings. The fourth-order valence-electron chi connectivity index (χ4n) is 7.20. The van der Waals surface area contributed by atoms with Gasteiger partial charge in [0.2, 0.25) is 29.5 Å². The van der Waals surface area contributed by atoms with E-state index in [4.69, 9.17) is 0 Å². The van der Waals surface area contributed by atoms with Crippen molar-refractivity contribution in [2.24, 2.45) is 11.8 Å². The van der Waals surface area contributed by atoms with Crippen molar-refractivity contribution in [1.82, 2.24) is 31.2 Å². The molecule has 2 aliphatic carbocycles. The number of amides is 5. The Kier molecular flexibility index (Phi) is 9.34. The summed E-state index contributed by atoms with van der Waals surface area (Å²) in [6.07, 6.45) is 4.91. The summed E-state index contributed by atoms with van der Waals surface area (Å²) in [4.78, 5) is 85.7. The van der Waals surface area contributed by atoms with Gasteiger partial charge in [-0.05, 0) is 77.9 Å². The zero-order valence-electron chi connectivity index (χ0n) is 25.4. The van der Waals surface area contributed by atoms with Crippen LogP contribution in [0, 0.1) is 11.8 Å². The molecule has 0 radical (unpaired) electrons. The maximum atomic E-state index is 14.0. The fraction of sp³-hybridized carbons (Fsp3) is 0.562. The molecule has 2 saturated heterocycles. The minimum absolute atomic E-state index is 0.0125. The van der Waals surface area contributed by atoms with Crippen LogP contribution < -0.4 is 21.3 Å². The summed E-state index contributed by atoms with van der Waals surface area (Å²) in [6, 6.07) is 2.05. The van der Waals surface area contributed by atoms with E-state index in [1.54, 1.807) is 0 Å². The van der Waals surface area contributed by atoms with Gasteiger partial charge in [-0.1, -0.05) is 31.0 Å². The standard InChI is InChI=1S/C32H39BrN6O7/c33-27-19(18-8-3-4-9-20(18)34-27)14-21-28(42)36-22(15-24(40)41)32(46)39-13-5-10-23(39)29(43)37-25(16-6-1-2-7-16)31(45)38-26(17-11-12-17)30(44)35-21/h3-4,8-9,16-17,21-23,25-26,34H,1-2,5-7,10-15H2,(H,35,44)(H,36,42)(H,37,43)(H,38,45)(H,40,41)/t21-,22-,23+,25-,26+/m1/s1. The van der Waals surface area contributed by atoms with Crippen LogP contribution in [-0.4, -0.2) is 87.2 Å². The van der Waals surface area contributed by atoms with Gasteiger partial charge in [-0.2, -0.15) is 0 Å². The SMILES string of the molecule is O=C(O)C[C@H]1NC(=O)[C@@H](Cc2c(Br)[nH]c3ccccc23)NC(=O)[C@H](C2CC2)NC(=O)[C@@H](C2CCCC2)NC(=O)[C@@H]2CCCN2C1=O. The highest BCUT2D eigenvalue weighted by Crippen LogP contribution is 2.34. The number of hydrogen-bond acceptors (Lipinski definition) is 6. The number of carbonyl (C=O) groups is 6. The van der Waals surface area contributed by atoms with Gasteiger partial charge in [0.15, 0.2) is 0 Å². The first-order valence-corrected chi connectivity index (χ1v) is 16.9. The van der Waals surface area contributed by atoms with Crippen LogP contribution in [0.1, 0.15) is 63.4 Å². The van der Waals surface area contributed by atoms with Crippen LogP contribution in [0.5, 0.6) is 0 Å². The number of carboxylic acids is 1. The lowest BCUT2D eigenvalue weighted by Gasteiger charge is -2.31. The molecule has 5 amide bonds. The van der Waals surface area contributed by atoms with E-state index in [-0.39, 0.29) is 24.8 Å². The van der Waals surface area contributed by atoms with Crippen LogP contribution in [0.15, 0.2) is 28.9 Å². The number of benzene rings is 1. The van der Waals surface area contributed by atoms with Crippen molar-refractivity contribution in [2.75, 3.05) is 6.54 Å². The van der Waals surface area contributed by atoms with Gasteiger partial charge in [0.25, 0.3) is 0 Å². The minimum Gasteiger partial charge on any atom is -0.481 e. The van der Waals surface area contributed by atoms with Crippen molar-refractivity contribution < 1.29 is 33.9 Å². The molecule has 0 bridgehead atoms. The number of aromatic amines is 1. The van der Waals surface area contributed by atoms with Crippen molar-refractivity contribution in [3.8, 4) is 0 Å². The second kappa shape index (κ2) is 13.4. The first kappa shape index (κ1) is 32.0. The highest BCUT2D eigenvalue weighted by molar-refractivity contribution is 9.10.